The number of fused-ring (bicyclic) bond motifs is 1. The normalized spacial score (nSPS) is 11.3. The number of benzene rings is 2. The van der Waals surface area contributed by atoms with Gasteiger partial charge in [-0.15, -0.1) is 0 Å². The number of carbonyl (C=O) groups excluding carboxylic acids is 1. The Balaban J connectivity index is 2.37. The van der Waals surface area contributed by atoms with Crippen LogP contribution in [0.25, 0.3) is 16.8 Å². The van der Waals surface area contributed by atoms with E-state index in [-0.39, 0.29) is 5.97 Å². The zero-order valence-corrected chi connectivity index (χ0v) is 11.6. The summed E-state index contributed by atoms with van der Waals surface area (Å²) in [7, 11) is 0. The van der Waals surface area contributed by atoms with E-state index in [2.05, 4.69) is 6.58 Å². The van der Waals surface area contributed by atoms with Gasteiger partial charge in [0, 0.05) is 0 Å². The van der Waals surface area contributed by atoms with Crippen LogP contribution >= 0.6 is 0 Å². The highest BCUT2D eigenvalue weighted by Gasteiger charge is 2.17. The monoisotopic (exact) mass is 254 g/mol. The molecule has 0 unspecified atom stereocenters. The molecule has 2 aromatic carbocycles. The van der Waals surface area contributed by atoms with E-state index < -0.39 is 5.60 Å². The fourth-order valence-electron chi connectivity index (χ4n) is 1.86. The lowest BCUT2D eigenvalue weighted by atomic mass is 10.0. The molecule has 0 heterocycles. The molecule has 0 fully saturated rings. The van der Waals surface area contributed by atoms with Crippen LogP contribution in [0.5, 0.6) is 0 Å². The fourth-order valence-corrected chi connectivity index (χ4v) is 1.86. The van der Waals surface area contributed by atoms with Crippen molar-refractivity contribution < 1.29 is 9.53 Å². The first-order valence-electron chi connectivity index (χ1n) is 6.29. The second kappa shape index (κ2) is 4.88. The Morgan fingerprint density at radius 3 is 2.37 bits per heavy atom. The van der Waals surface area contributed by atoms with Crippen molar-refractivity contribution in [3.8, 4) is 0 Å². The van der Waals surface area contributed by atoms with Crippen molar-refractivity contribution in [2.24, 2.45) is 0 Å². The minimum Gasteiger partial charge on any atom is -0.456 e. The third-order valence-electron chi connectivity index (χ3n) is 2.73. The van der Waals surface area contributed by atoms with Crippen LogP contribution in [0.1, 0.15) is 36.7 Å². The van der Waals surface area contributed by atoms with Gasteiger partial charge in [0.15, 0.2) is 0 Å². The van der Waals surface area contributed by atoms with Crippen LogP contribution in [0.4, 0.5) is 0 Å². The van der Waals surface area contributed by atoms with E-state index in [1.807, 2.05) is 51.1 Å². The van der Waals surface area contributed by atoms with E-state index in [1.54, 1.807) is 12.1 Å². The van der Waals surface area contributed by atoms with Gasteiger partial charge in [0.1, 0.15) is 5.60 Å². The Labute approximate surface area is 113 Å². The molecule has 0 N–H and O–H groups in total. The Morgan fingerprint density at radius 2 is 1.74 bits per heavy atom. The van der Waals surface area contributed by atoms with Gasteiger partial charge in [0.05, 0.1) is 5.56 Å². The maximum absolute atomic E-state index is 12.0. The zero-order valence-electron chi connectivity index (χ0n) is 11.6. The SMILES string of the molecule is C=Cc1ccc2cc(C(=O)OC(C)(C)C)ccc2c1. The van der Waals surface area contributed by atoms with Crippen LogP contribution in [0.3, 0.4) is 0 Å². The zero-order chi connectivity index (χ0) is 14.0. The van der Waals surface area contributed by atoms with Crippen LogP contribution < -0.4 is 0 Å². The molecule has 0 amide bonds. The predicted octanol–water partition coefficient (Wildman–Crippen LogP) is 4.44. The van der Waals surface area contributed by atoms with E-state index in [0.717, 1.165) is 16.3 Å². The molecule has 0 aliphatic heterocycles. The summed E-state index contributed by atoms with van der Waals surface area (Å²) in [6.07, 6.45) is 1.81. The average molecular weight is 254 g/mol. The highest BCUT2D eigenvalue weighted by molar-refractivity contribution is 5.96. The Hall–Kier alpha value is -2.09. The minimum atomic E-state index is -0.473. The van der Waals surface area contributed by atoms with Gasteiger partial charge in [0.25, 0.3) is 0 Å². The summed E-state index contributed by atoms with van der Waals surface area (Å²) in [6, 6.07) is 11.6. The lowest BCUT2D eigenvalue weighted by molar-refractivity contribution is 0.00697. The van der Waals surface area contributed by atoms with Crippen molar-refractivity contribution in [2.45, 2.75) is 26.4 Å². The van der Waals surface area contributed by atoms with Gasteiger partial charge in [0.2, 0.25) is 0 Å². The summed E-state index contributed by atoms with van der Waals surface area (Å²) in [5.74, 6) is -0.290. The third-order valence-corrected chi connectivity index (χ3v) is 2.73. The summed E-state index contributed by atoms with van der Waals surface area (Å²) in [4.78, 5) is 12.0. The molecule has 2 heteroatoms. The minimum absolute atomic E-state index is 0.290. The Kier molecular flexibility index (Phi) is 3.43. The number of esters is 1. The van der Waals surface area contributed by atoms with Crippen LogP contribution in [0.15, 0.2) is 43.0 Å². The summed E-state index contributed by atoms with van der Waals surface area (Å²) in [5.41, 5.74) is 1.17. The van der Waals surface area contributed by atoms with Gasteiger partial charge in [-0.1, -0.05) is 30.9 Å². The molecule has 2 aromatic rings. The second-order valence-corrected chi connectivity index (χ2v) is 5.53. The molecule has 0 atom stereocenters. The number of ether oxygens (including phenoxy) is 1. The highest BCUT2D eigenvalue weighted by atomic mass is 16.6. The summed E-state index contributed by atoms with van der Waals surface area (Å²) >= 11 is 0. The predicted molar refractivity (Wildman–Crippen MR) is 79.2 cm³/mol. The first-order chi connectivity index (χ1) is 8.89. The van der Waals surface area contributed by atoms with Gasteiger partial charge in [-0.2, -0.15) is 0 Å². The lowest BCUT2D eigenvalue weighted by Gasteiger charge is -2.19. The second-order valence-electron chi connectivity index (χ2n) is 5.53. The van der Waals surface area contributed by atoms with E-state index in [9.17, 15) is 4.79 Å². The molecule has 0 aliphatic rings. The molecular weight excluding hydrogens is 236 g/mol. The van der Waals surface area contributed by atoms with Crippen molar-refractivity contribution in [3.05, 3.63) is 54.1 Å². The smallest absolute Gasteiger partial charge is 0.338 e. The highest BCUT2D eigenvalue weighted by Crippen LogP contribution is 2.20. The standard InChI is InChI=1S/C17H18O2/c1-5-12-6-7-14-11-15(9-8-13(14)10-12)16(18)19-17(2,3)4/h5-11H,1H2,2-4H3. The molecule has 0 bridgehead atoms. The maximum Gasteiger partial charge on any atom is 0.338 e. The fraction of sp³-hybridized carbons (Fsp3) is 0.235. The van der Waals surface area contributed by atoms with Crippen molar-refractivity contribution in [1.82, 2.24) is 0 Å². The molecule has 0 spiro atoms. The van der Waals surface area contributed by atoms with E-state index >= 15 is 0 Å². The summed E-state index contributed by atoms with van der Waals surface area (Å²) in [6.45, 7) is 9.34. The molecule has 0 saturated carbocycles. The Morgan fingerprint density at radius 1 is 1.11 bits per heavy atom. The third kappa shape index (κ3) is 3.22. The molecular formula is C17H18O2. The van der Waals surface area contributed by atoms with E-state index in [1.165, 1.54) is 0 Å². The topological polar surface area (TPSA) is 26.3 Å². The van der Waals surface area contributed by atoms with E-state index in [4.69, 9.17) is 4.74 Å². The van der Waals surface area contributed by atoms with Crippen LogP contribution in [-0.4, -0.2) is 11.6 Å². The molecule has 0 radical (unpaired) electrons. The van der Waals surface area contributed by atoms with Crippen molar-refractivity contribution >= 4 is 22.8 Å². The molecule has 0 aliphatic carbocycles. The first-order valence-corrected chi connectivity index (χ1v) is 6.29. The van der Waals surface area contributed by atoms with Gasteiger partial charge < -0.3 is 4.74 Å². The molecule has 0 saturated heterocycles. The number of hydrogen-bond acceptors (Lipinski definition) is 2. The molecule has 0 aromatic heterocycles. The Bertz CT molecular complexity index is 633. The van der Waals surface area contributed by atoms with Crippen molar-refractivity contribution in [1.29, 1.82) is 0 Å². The number of rotatable bonds is 2. The summed E-state index contributed by atoms with van der Waals surface area (Å²) in [5, 5.41) is 2.11. The first kappa shape index (κ1) is 13.3. The van der Waals surface area contributed by atoms with Crippen LogP contribution in [-0.2, 0) is 4.74 Å². The van der Waals surface area contributed by atoms with E-state index in [0.29, 0.717) is 5.56 Å². The van der Waals surface area contributed by atoms with Crippen molar-refractivity contribution in [2.75, 3.05) is 0 Å². The van der Waals surface area contributed by atoms with Gasteiger partial charge in [-0.3, -0.25) is 0 Å². The number of hydrogen-bond donors (Lipinski definition) is 0. The maximum atomic E-state index is 12.0. The van der Waals surface area contributed by atoms with Gasteiger partial charge in [-0.25, -0.2) is 4.79 Å². The molecule has 2 nitrogen and oxygen atoms in total. The van der Waals surface area contributed by atoms with Crippen LogP contribution in [0.2, 0.25) is 0 Å². The van der Waals surface area contributed by atoms with Gasteiger partial charge in [-0.05, 0) is 55.3 Å². The quantitative estimate of drug-likeness (QED) is 0.741. The molecule has 98 valence electrons. The number of carbonyl (C=O) groups is 1. The summed E-state index contributed by atoms with van der Waals surface area (Å²) < 4.78 is 5.36. The molecule has 19 heavy (non-hydrogen) atoms. The lowest BCUT2D eigenvalue weighted by Crippen LogP contribution is -2.23. The average Bonchev–Trinajstić information content (AvgIpc) is 2.35. The van der Waals surface area contributed by atoms with Crippen molar-refractivity contribution in [3.63, 3.8) is 0 Å². The molecule has 2 rings (SSSR count). The largest absolute Gasteiger partial charge is 0.456 e. The van der Waals surface area contributed by atoms with Gasteiger partial charge >= 0.3 is 5.97 Å². The van der Waals surface area contributed by atoms with Crippen LogP contribution in [0, 0.1) is 0 Å².